The van der Waals surface area contributed by atoms with Gasteiger partial charge in [-0.2, -0.15) is 5.10 Å². The Balaban J connectivity index is 2.64. The number of aromatic nitrogens is 2. The summed E-state index contributed by atoms with van der Waals surface area (Å²) in [5, 5.41) is 12.8. The average molecular weight is 252 g/mol. The van der Waals surface area contributed by atoms with Crippen LogP contribution in [0.15, 0.2) is 18.5 Å². The number of nitrogens with zero attached hydrogens (tertiary/aromatic N) is 2. The standard InChI is InChI=1S/C6H9IN2O/c7-4-6(5-10)9-3-1-2-8-9/h1-3,6,10H,4-5H2. The molecule has 0 amide bonds. The lowest BCUT2D eigenvalue weighted by molar-refractivity contribution is 0.234. The van der Waals surface area contributed by atoms with E-state index >= 15 is 0 Å². The number of halogens is 1. The van der Waals surface area contributed by atoms with Crippen molar-refractivity contribution in [3.05, 3.63) is 18.5 Å². The van der Waals surface area contributed by atoms with E-state index in [0.717, 1.165) is 4.43 Å². The Hall–Kier alpha value is -0.100. The highest BCUT2D eigenvalue weighted by atomic mass is 127. The van der Waals surface area contributed by atoms with E-state index in [4.69, 9.17) is 5.11 Å². The van der Waals surface area contributed by atoms with Crippen LogP contribution < -0.4 is 0 Å². The third-order valence-corrected chi connectivity index (χ3v) is 2.30. The molecule has 0 saturated heterocycles. The molecule has 1 N–H and O–H groups in total. The van der Waals surface area contributed by atoms with Crippen molar-refractivity contribution in [3.8, 4) is 0 Å². The van der Waals surface area contributed by atoms with Crippen LogP contribution in [0.4, 0.5) is 0 Å². The zero-order valence-corrected chi connectivity index (χ0v) is 7.60. The van der Waals surface area contributed by atoms with Gasteiger partial charge >= 0.3 is 0 Å². The maximum atomic E-state index is 8.83. The van der Waals surface area contributed by atoms with Crippen LogP contribution >= 0.6 is 22.6 Å². The largest absolute Gasteiger partial charge is 0.394 e. The van der Waals surface area contributed by atoms with Crippen molar-refractivity contribution >= 4 is 22.6 Å². The summed E-state index contributed by atoms with van der Waals surface area (Å²) in [6.07, 6.45) is 3.58. The fraction of sp³-hybridized carbons (Fsp3) is 0.500. The molecule has 0 bridgehead atoms. The van der Waals surface area contributed by atoms with Crippen LogP contribution in [0.3, 0.4) is 0 Å². The fourth-order valence-electron chi connectivity index (χ4n) is 0.700. The topological polar surface area (TPSA) is 38.0 Å². The molecule has 0 aromatic carbocycles. The van der Waals surface area contributed by atoms with Gasteiger partial charge in [0.15, 0.2) is 0 Å². The van der Waals surface area contributed by atoms with Gasteiger partial charge in [0, 0.05) is 16.8 Å². The molecule has 56 valence electrons. The molecule has 0 aliphatic heterocycles. The first kappa shape index (κ1) is 8.00. The Kier molecular flexibility index (Phi) is 3.14. The molecule has 0 spiro atoms. The van der Waals surface area contributed by atoms with Crippen molar-refractivity contribution in [2.75, 3.05) is 11.0 Å². The molecule has 0 aliphatic rings. The summed E-state index contributed by atoms with van der Waals surface area (Å²) in [4.78, 5) is 0. The van der Waals surface area contributed by atoms with Gasteiger partial charge in [0.05, 0.1) is 12.6 Å². The molecule has 1 atom stereocenters. The third kappa shape index (κ3) is 1.69. The van der Waals surface area contributed by atoms with Crippen LogP contribution in [0.2, 0.25) is 0 Å². The molecule has 0 radical (unpaired) electrons. The van der Waals surface area contributed by atoms with Crippen molar-refractivity contribution in [2.24, 2.45) is 0 Å². The molecular weight excluding hydrogens is 243 g/mol. The van der Waals surface area contributed by atoms with E-state index in [1.165, 1.54) is 0 Å². The van der Waals surface area contributed by atoms with Gasteiger partial charge in [-0.25, -0.2) is 0 Å². The van der Waals surface area contributed by atoms with Crippen LogP contribution in [0.5, 0.6) is 0 Å². The average Bonchev–Trinajstić information content (AvgIpc) is 2.43. The molecule has 1 aromatic rings. The van der Waals surface area contributed by atoms with E-state index < -0.39 is 0 Å². The molecule has 1 unspecified atom stereocenters. The van der Waals surface area contributed by atoms with E-state index in [-0.39, 0.29) is 12.6 Å². The first-order valence-corrected chi connectivity index (χ1v) is 4.57. The first-order valence-electron chi connectivity index (χ1n) is 3.04. The van der Waals surface area contributed by atoms with E-state index in [0.29, 0.717) is 0 Å². The van der Waals surface area contributed by atoms with Gasteiger partial charge in [0.1, 0.15) is 0 Å². The predicted octanol–water partition coefficient (Wildman–Crippen LogP) is 0.852. The van der Waals surface area contributed by atoms with Gasteiger partial charge in [-0.05, 0) is 6.07 Å². The summed E-state index contributed by atoms with van der Waals surface area (Å²) >= 11 is 2.23. The molecule has 1 heterocycles. The molecule has 1 aromatic heterocycles. The number of aliphatic hydroxyl groups excluding tert-OH is 1. The Morgan fingerprint density at radius 2 is 2.50 bits per heavy atom. The minimum atomic E-state index is 0.135. The molecule has 1 rings (SSSR count). The zero-order chi connectivity index (χ0) is 7.40. The summed E-state index contributed by atoms with van der Waals surface area (Å²) in [5.74, 6) is 0. The van der Waals surface area contributed by atoms with Crippen LogP contribution in [-0.2, 0) is 0 Å². The highest BCUT2D eigenvalue weighted by Crippen LogP contribution is 2.06. The molecule has 0 aliphatic carbocycles. The van der Waals surface area contributed by atoms with Crippen LogP contribution in [0.1, 0.15) is 6.04 Å². The summed E-state index contributed by atoms with van der Waals surface area (Å²) < 4.78 is 2.66. The third-order valence-electron chi connectivity index (χ3n) is 1.29. The Morgan fingerprint density at radius 1 is 1.70 bits per heavy atom. The van der Waals surface area contributed by atoms with Crippen LogP contribution in [0.25, 0.3) is 0 Å². The number of hydrogen-bond donors (Lipinski definition) is 1. The molecule has 0 saturated carbocycles. The molecule has 0 fully saturated rings. The monoisotopic (exact) mass is 252 g/mol. The minimum Gasteiger partial charge on any atom is -0.394 e. The molecule has 10 heavy (non-hydrogen) atoms. The lowest BCUT2D eigenvalue weighted by Gasteiger charge is -2.09. The normalized spacial score (nSPS) is 13.4. The van der Waals surface area contributed by atoms with Crippen LogP contribution in [-0.4, -0.2) is 25.9 Å². The van der Waals surface area contributed by atoms with Gasteiger partial charge < -0.3 is 5.11 Å². The number of hydrogen-bond acceptors (Lipinski definition) is 2. The summed E-state index contributed by atoms with van der Waals surface area (Å²) in [5.41, 5.74) is 0. The minimum absolute atomic E-state index is 0.135. The quantitative estimate of drug-likeness (QED) is 0.639. The summed E-state index contributed by atoms with van der Waals surface area (Å²) in [6.45, 7) is 0.157. The highest BCUT2D eigenvalue weighted by molar-refractivity contribution is 14.1. The van der Waals surface area contributed by atoms with Gasteiger partial charge in [0.2, 0.25) is 0 Å². The zero-order valence-electron chi connectivity index (χ0n) is 5.44. The maximum Gasteiger partial charge on any atom is 0.0838 e. The maximum absolute atomic E-state index is 8.83. The predicted molar refractivity (Wildman–Crippen MR) is 47.2 cm³/mol. The van der Waals surface area contributed by atoms with Crippen molar-refractivity contribution in [3.63, 3.8) is 0 Å². The number of alkyl halides is 1. The van der Waals surface area contributed by atoms with E-state index in [1.54, 1.807) is 10.9 Å². The fourth-order valence-corrected chi connectivity index (χ4v) is 1.38. The second-order valence-corrected chi connectivity index (χ2v) is 2.86. The van der Waals surface area contributed by atoms with E-state index in [1.807, 2.05) is 12.3 Å². The summed E-state index contributed by atoms with van der Waals surface area (Å²) in [7, 11) is 0. The Bertz CT molecular complexity index is 172. The van der Waals surface area contributed by atoms with Gasteiger partial charge in [0.25, 0.3) is 0 Å². The van der Waals surface area contributed by atoms with E-state index in [2.05, 4.69) is 27.7 Å². The lowest BCUT2D eigenvalue weighted by atomic mass is 10.4. The van der Waals surface area contributed by atoms with Crippen molar-refractivity contribution in [1.29, 1.82) is 0 Å². The molecular formula is C6H9IN2O. The molecule has 4 heteroatoms. The Morgan fingerprint density at radius 3 is 2.90 bits per heavy atom. The second-order valence-electron chi connectivity index (χ2n) is 1.98. The number of rotatable bonds is 3. The second kappa shape index (κ2) is 3.92. The number of aliphatic hydroxyl groups is 1. The highest BCUT2D eigenvalue weighted by Gasteiger charge is 2.05. The van der Waals surface area contributed by atoms with Gasteiger partial charge in [-0.3, -0.25) is 4.68 Å². The van der Waals surface area contributed by atoms with Gasteiger partial charge in [-0.15, -0.1) is 0 Å². The smallest absolute Gasteiger partial charge is 0.0838 e. The summed E-state index contributed by atoms with van der Waals surface area (Å²) in [6, 6.07) is 1.99. The first-order chi connectivity index (χ1) is 4.88. The van der Waals surface area contributed by atoms with Gasteiger partial charge in [-0.1, -0.05) is 22.6 Å². The SMILES string of the molecule is OCC(CI)n1cccn1. The van der Waals surface area contributed by atoms with Crippen molar-refractivity contribution in [2.45, 2.75) is 6.04 Å². The van der Waals surface area contributed by atoms with Crippen molar-refractivity contribution in [1.82, 2.24) is 9.78 Å². The van der Waals surface area contributed by atoms with Crippen LogP contribution in [0, 0.1) is 0 Å². The van der Waals surface area contributed by atoms with Crippen molar-refractivity contribution < 1.29 is 5.11 Å². The lowest BCUT2D eigenvalue weighted by Crippen LogP contribution is -2.14. The Labute approximate surface area is 73.2 Å². The van der Waals surface area contributed by atoms with E-state index in [9.17, 15) is 0 Å². The molecule has 3 nitrogen and oxygen atoms in total.